The lowest BCUT2D eigenvalue weighted by Crippen LogP contribution is -2.45. The number of nitrogens with zero attached hydrogens (tertiary/aromatic N) is 1. The van der Waals surface area contributed by atoms with Crippen molar-refractivity contribution in [3.63, 3.8) is 0 Å². The Labute approximate surface area is 125 Å². The minimum absolute atomic E-state index is 0.117. The SMILES string of the molecule is CC(=O)Nc1cc(S(=O)(=O)N2CCCC(N)C2)ccc1C. The summed E-state index contributed by atoms with van der Waals surface area (Å²) in [6.45, 7) is 4.04. The van der Waals surface area contributed by atoms with Crippen LogP contribution in [0.1, 0.15) is 25.3 Å². The van der Waals surface area contributed by atoms with Crippen molar-refractivity contribution in [2.45, 2.75) is 37.6 Å². The zero-order valence-corrected chi connectivity index (χ0v) is 13.1. The Morgan fingerprint density at radius 1 is 1.43 bits per heavy atom. The fourth-order valence-electron chi connectivity index (χ4n) is 2.43. The maximum atomic E-state index is 12.6. The molecule has 1 aliphatic rings. The Hall–Kier alpha value is -1.44. The van der Waals surface area contributed by atoms with E-state index in [1.807, 2.05) is 6.92 Å². The number of benzene rings is 1. The van der Waals surface area contributed by atoms with Gasteiger partial charge in [-0.1, -0.05) is 6.07 Å². The first kappa shape index (κ1) is 15.9. The summed E-state index contributed by atoms with van der Waals surface area (Å²) in [7, 11) is -3.57. The van der Waals surface area contributed by atoms with E-state index in [2.05, 4.69) is 5.32 Å². The molecule has 0 radical (unpaired) electrons. The van der Waals surface area contributed by atoms with Crippen LogP contribution >= 0.6 is 0 Å². The number of rotatable bonds is 3. The Morgan fingerprint density at radius 2 is 2.14 bits per heavy atom. The van der Waals surface area contributed by atoms with E-state index in [9.17, 15) is 13.2 Å². The van der Waals surface area contributed by atoms with Gasteiger partial charge in [-0.05, 0) is 37.5 Å². The van der Waals surface area contributed by atoms with Crippen LogP contribution in [-0.2, 0) is 14.8 Å². The summed E-state index contributed by atoms with van der Waals surface area (Å²) in [6, 6.07) is 4.65. The highest BCUT2D eigenvalue weighted by atomic mass is 32.2. The number of hydrogen-bond acceptors (Lipinski definition) is 4. The number of piperidine rings is 1. The topological polar surface area (TPSA) is 92.5 Å². The van der Waals surface area contributed by atoms with Crippen LogP contribution < -0.4 is 11.1 Å². The molecule has 1 aliphatic heterocycles. The lowest BCUT2D eigenvalue weighted by molar-refractivity contribution is -0.114. The van der Waals surface area contributed by atoms with E-state index in [1.165, 1.54) is 17.3 Å². The average molecular weight is 311 g/mol. The Balaban J connectivity index is 2.33. The zero-order chi connectivity index (χ0) is 15.6. The molecule has 0 saturated carbocycles. The molecule has 0 spiro atoms. The molecule has 0 aromatic heterocycles. The molecule has 2 rings (SSSR count). The third-order valence-electron chi connectivity index (χ3n) is 3.58. The van der Waals surface area contributed by atoms with Crippen LogP contribution in [0, 0.1) is 6.92 Å². The normalized spacial score (nSPS) is 20.2. The molecule has 1 unspecified atom stereocenters. The predicted octanol–water partition coefficient (Wildman–Crippen LogP) is 1.07. The maximum Gasteiger partial charge on any atom is 0.243 e. The fraction of sp³-hybridized carbons (Fsp3) is 0.500. The second kappa shape index (κ2) is 6.13. The number of nitrogens with two attached hydrogens (primary N) is 1. The van der Waals surface area contributed by atoms with E-state index in [4.69, 9.17) is 5.73 Å². The van der Waals surface area contributed by atoms with Gasteiger partial charge in [0.2, 0.25) is 15.9 Å². The van der Waals surface area contributed by atoms with Crippen molar-refractivity contribution in [1.82, 2.24) is 4.31 Å². The summed E-state index contributed by atoms with van der Waals surface area (Å²) in [6.07, 6.45) is 1.61. The standard InChI is InChI=1S/C14H21N3O3S/c1-10-5-6-13(8-14(10)16-11(2)18)21(19,20)17-7-3-4-12(15)9-17/h5-6,8,12H,3-4,7,9,15H2,1-2H3,(H,16,18). The molecule has 1 fully saturated rings. The van der Waals surface area contributed by atoms with E-state index < -0.39 is 10.0 Å². The highest BCUT2D eigenvalue weighted by molar-refractivity contribution is 7.89. The van der Waals surface area contributed by atoms with E-state index in [1.54, 1.807) is 12.1 Å². The molecule has 1 heterocycles. The van der Waals surface area contributed by atoms with Crippen LogP contribution in [0.4, 0.5) is 5.69 Å². The minimum Gasteiger partial charge on any atom is -0.327 e. The van der Waals surface area contributed by atoms with Crippen molar-refractivity contribution in [3.8, 4) is 0 Å². The molecule has 7 heteroatoms. The molecule has 0 bridgehead atoms. The van der Waals surface area contributed by atoms with Gasteiger partial charge in [-0.2, -0.15) is 4.31 Å². The van der Waals surface area contributed by atoms with Gasteiger partial charge in [0, 0.05) is 31.7 Å². The van der Waals surface area contributed by atoms with Crippen molar-refractivity contribution in [2.24, 2.45) is 5.73 Å². The van der Waals surface area contributed by atoms with Crippen molar-refractivity contribution in [1.29, 1.82) is 0 Å². The molecule has 3 N–H and O–H groups in total. The second-order valence-electron chi connectivity index (χ2n) is 5.42. The molecular formula is C14H21N3O3S. The minimum atomic E-state index is -3.57. The van der Waals surface area contributed by atoms with E-state index >= 15 is 0 Å². The monoisotopic (exact) mass is 311 g/mol. The van der Waals surface area contributed by atoms with Crippen molar-refractivity contribution in [3.05, 3.63) is 23.8 Å². The Morgan fingerprint density at radius 3 is 2.76 bits per heavy atom. The van der Waals surface area contributed by atoms with Gasteiger partial charge >= 0.3 is 0 Å². The van der Waals surface area contributed by atoms with Gasteiger partial charge in [0.25, 0.3) is 0 Å². The number of carbonyl (C=O) groups is 1. The predicted molar refractivity (Wildman–Crippen MR) is 81.5 cm³/mol. The van der Waals surface area contributed by atoms with Crippen molar-refractivity contribution in [2.75, 3.05) is 18.4 Å². The van der Waals surface area contributed by atoms with Crippen LogP contribution in [0.2, 0.25) is 0 Å². The highest BCUT2D eigenvalue weighted by Crippen LogP contribution is 2.25. The zero-order valence-electron chi connectivity index (χ0n) is 12.3. The van der Waals surface area contributed by atoms with Gasteiger partial charge in [-0.25, -0.2) is 8.42 Å². The van der Waals surface area contributed by atoms with Gasteiger partial charge in [0.15, 0.2) is 0 Å². The molecule has 116 valence electrons. The summed E-state index contributed by atoms with van der Waals surface area (Å²) in [5.41, 5.74) is 7.19. The quantitative estimate of drug-likeness (QED) is 0.873. The van der Waals surface area contributed by atoms with Crippen LogP contribution in [0.5, 0.6) is 0 Å². The number of hydrogen-bond donors (Lipinski definition) is 2. The summed E-state index contributed by atoms with van der Waals surface area (Å²) >= 11 is 0. The smallest absolute Gasteiger partial charge is 0.243 e. The van der Waals surface area contributed by atoms with E-state index in [-0.39, 0.29) is 16.8 Å². The Kier molecular flexibility index (Phi) is 4.65. The molecule has 0 aliphatic carbocycles. The number of sulfonamides is 1. The number of aryl methyl sites for hydroxylation is 1. The first-order chi connectivity index (χ1) is 9.80. The van der Waals surface area contributed by atoms with Crippen LogP contribution in [-0.4, -0.2) is 37.8 Å². The van der Waals surface area contributed by atoms with Gasteiger partial charge in [0.05, 0.1) is 4.90 Å². The lowest BCUT2D eigenvalue weighted by Gasteiger charge is -2.30. The second-order valence-corrected chi connectivity index (χ2v) is 7.36. The highest BCUT2D eigenvalue weighted by Gasteiger charge is 2.29. The van der Waals surface area contributed by atoms with Crippen LogP contribution in [0.15, 0.2) is 23.1 Å². The van der Waals surface area contributed by atoms with E-state index in [0.29, 0.717) is 18.8 Å². The average Bonchev–Trinajstić information content (AvgIpc) is 2.40. The summed E-state index contributed by atoms with van der Waals surface area (Å²) < 4.78 is 26.7. The molecule has 1 aromatic rings. The number of anilines is 1. The third kappa shape index (κ3) is 3.61. The van der Waals surface area contributed by atoms with Crippen LogP contribution in [0.3, 0.4) is 0 Å². The van der Waals surface area contributed by atoms with E-state index in [0.717, 1.165) is 18.4 Å². The molecule has 1 atom stereocenters. The Bertz CT molecular complexity index is 643. The maximum absolute atomic E-state index is 12.6. The fourth-order valence-corrected chi connectivity index (χ4v) is 3.99. The number of carbonyl (C=O) groups excluding carboxylic acids is 1. The summed E-state index contributed by atoms with van der Waals surface area (Å²) in [5, 5.41) is 2.65. The van der Waals surface area contributed by atoms with Gasteiger partial charge in [-0.3, -0.25) is 4.79 Å². The first-order valence-corrected chi connectivity index (χ1v) is 8.38. The third-order valence-corrected chi connectivity index (χ3v) is 5.44. The first-order valence-electron chi connectivity index (χ1n) is 6.94. The molecule has 1 amide bonds. The largest absolute Gasteiger partial charge is 0.327 e. The van der Waals surface area contributed by atoms with Crippen molar-refractivity contribution >= 4 is 21.6 Å². The number of amides is 1. The molecule has 21 heavy (non-hydrogen) atoms. The summed E-state index contributed by atoms with van der Waals surface area (Å²) in [4.78, 5) is 11.4. The number of nitrogens with one attached hydrogen (secondary N) is 1. The summed E-state index contributed by atoms with van der Waals surface area (Å²) in [5.74, 6) is -0.229. The molecular weight excluding hydrogens is 290 g/mol. The molecule has 6 nitrogen and oxygen atoms in total. The van der Waals surface area contributed by atoms with Crippen molar-refractivity contribution < 1.29 is 13.2 Å². The van der Waals surface area contributed by atoms with Gasteiger partial charge in [-0.15, -0.1) is 0 Å². The molecule has 1 aromatic carbocycles. The van der Waals surface area contributed by atoms with Gasteiger partial charge in [0.1, 0.15) is 0 Å². The van der Waals surface area contributed by atoms with Gasteiger partial charge < -0.3 is 11.1 Å². The lowest BCUT2D eigenvalue weighted by atomic mass is 10.1. The van der Waals surface area contributed by atoms with Crippen LogP contribution in [0.25, 0.3) is 0 Å². The molecule has 1 saturated heterocycles.